The molecule has 1 aromatic rings. The highest BCUT2D eigenvalue weighted by Gasteiger charge is 2.24. The van der Waals surface area contributed by atoms with E-state index in [0.717, 1.165) is 30.7 Å². The van der Waals surface area contributed by atoms with Gasteiger partial charge in [0.25, 0.3) is 0 Å². The van der Waals surface area contributed by atoms with Gasteiger partial charge in [-0.3, -0.25) is 9.36 Å². The van der Waals surface area contributed by atoms with E-state index in [9.17, 15) is 14.3 Å². The number of hydrogen-bond donors (Lipinski definition) is 1. The molecule has 2 unspecified atom stereocenters. The number of nitrogens with zero attached hydrogens (tertiary/aromatic N) is 1. The normalized spacial score (nSPS) is 14.1. The molecule has 0 aromatic heterocycles. The van der Waals surface area contributed by atoms with Crippen LogP contribution in [0, 0.1) is 0 Å². The second kappa shape index (κ2) is 20.5. The van der Waals surface area contributed by atoms with Gasteiger partial charge >= 0.3 is 13.6 Å². The van der Waals surface area contributed by atoms with Crippen molar-refractivity contribution in [3.05, 3.63) is 29.8 Å². The van der Waals surface area contributed by atoms with Crippen LogP contribution in [-0.4, -0.2) is 68.5 Å². The molecule has 7 nitrogen and oxygen atoms in total. The monoisotopic (exact) mass is 570 g/mol. The zero-order valence-electron chi connectivity index (χ0n) is 25.5. The fraction of sp³-hybridized carbons (Fsp3) is 0.774. The molecule has 0 aliphatic carbocycles. The van der Waals surface area contributed by atoms with Crippen LogP contribution >= 0.6 is 7.60 Å². The number of ether oxygens (including phenoxy) is 2. The lowest BCUT2D eigenvalue weighted by Crippen LogP contribution is -2.35. The molecule has 0 fully saturated rings. The average molecular weight is 571 g/mol. The summed E-state index contributed by atoms with van der Waals surface area (Å²) in [6, 6.07) is 7.92. The van der Waals surface area contributed by atoms with Crippen molar-refractivity contribution in [1.82, 2.24) is 0 Å². The van der Waals surface area contributed by atoms with Gasteiger partial charge in [0, 0.05) is 13.3 Å². The second-order valence-corrected chi connectivity index (χ2v) is 13.8. The first-order chi connectivity index (χ1) is 18.5. The maximum Gasteiger partial charge on any atom is 0.328 e. The maximum absolute atomic E-state index is 12.5. The predicted octanol–water partition coefficient (Wildman–Crippen LogP) is 7.54. The molecule has 226 valence electrons. The Balaban J connectivity index is 2.39. The van der Waals surface area contributed by atoms with E-state index >= 15 is 0 Å². The number of unbranched alkanes of at least 4 members (excludes halogenated alkanes) is 11. The Kier molecular flexibility index (Phi) is 18.7. The molecule has 39 heavy (non-hydrogen) atoms. The molecule has 0 spiro atoms. The van der Waals surface area contributed by atoms with Crippen molar-refractivity contribution in [1.29, 1.82) is 0 Å². The first-order valence-corrected chi connectivity index (χ1v) is 16.9. The number of carbonyl (C=O) groups is 1. The van der Waals surface area contributed by atoms with Crippen LogP contribution in [0.5, 0.6) is 5.75 Å². The number of hydrogen-bond acceptors (Lipinski definition) is 5. The highest BCUT2D eigenvalue weighted by molar-refractivity contribution is 7.52. The number of aryl methyl sites for hydroxylation is 1. The summed E-state index contributed by atoms with van der Waals surface area (Å²) < 4.78 is 29.8. The van der Waals surface area contributed by atoms with Gasteiger partial charge in [-0.1, -0.05) is 95.8 Å². The fourth-order valence-electron chi connectivity index (χ4n) is 4.55. The van der Waals surface area contributed by atoms with Gasteiger partial charge < -0.3 is 23.4 Å². The van der Waals surface area contributed by atoms with E-state index in [0.29, 0.717) is 10.9 Å². The van der Waals surface area contributed by atoms with Gasteiger partial charge in [-0.05, 0) is 24.5 Å². The first-order valence-electron chi connectivity index (χ1n) is 15.2. The van der Waals surface area contributed by atoms with Gasteiger partial charge in [0.2, 0.25) is 0 Å². The van der Waals surface area contributed by atoms with Crippen LogP contribution in [0.25, 0.3) is 0 Å². The van der Waals surface area contributed by atoms with E-state index in [1.807, 2.05) is 39.3 Å². The Morgan fingerprint density at radius 2 is 1.44 bits per heavy atom. The Morgan fingerprint density at radius 3 is 2.00 bits per heavy atom. The van der Waals surface area contributed by atoms with Crippen molar-refractivity contribution in [3.8, 4) is 5.75 Å². The van der Waals surface area contributed by atoms with Crippen LogP contribution in [0.4, 0.5) is 0 Å². The summed E-state index contributed by atoms with van der Waals surface area (Å²) in [4.78, 5) is 21.8. The summed E-state index contributed by atoms with van der Waals surface area (Å²) in [5, 5.41) is 0. The molecule has 2 atom stereocenters. The lowest BCUT2D eigenvalue weighted by Gasteiger charge is -2.24. The second-order valence-electron chi connectivity index (χ2n) is 11.8. The van der Waals surface area contributed by atoms with Crippen molar-refractivity contribution in [2.75, 3.05) is 47.1 Å². The number of rotatable bonds is 24. The molecule has 0 saturated carbocycles. The smallest absolute Gasteiger partial charge is 0.328 e. The van der Waals surface area contributed by atoms with Crippen LogP contribution < -0.4 is 4.74 Å². The summed E-state index contributed by atoms with van der Waals surface area (Å²) in [5.41, 5.74) is 1.13. The van der Waals surface area contributed by atoms with Gasteiger partial charge in [-0.2, -0.15) is 0 Å². The van der Waals surface area contributed by atoms with E-state index in [2.05, 4.69) is 13.0 Å². The summed E-state index contributed by atoms with van der Waals surface area (Å²) in [6.45, 7) is 4.22. The van der Waals surface area contributed by atoms with Crippen molar-refractivity contribution in [2.24, 2.45) is 0 Å². The van der Waals surface area contributed by atoms with Gasteiger partial charge in [0.1, 0.15) is 12.4 Å². The van der Waals surface area contributed by atoms with Crippen LogP contribution in [0.1, 0.15) is 103 Å². The standard InChI is InChI=1S/C31H56NO6P/c1-6-7-8-9-10-11-12-13-14-15-16-17-21-29-22-18-19-23-31(29)36-26-30(38-28(2)33)27-37-39(34,35)25-20-24-32(3,4)5/h18-19,22-23,30H,6-17,20-21,24-27H2,1-5H3/p+1. The zero-order valence-corrected chi connectivity index (χ0v) is 26.4. The molecule has 0 aliphatic rings. The largest absolute Gasteiger partial charge is 0.489 e. The molecule has 0 aliphatic heterocycles. The summed E-state index contributed by atoms with van der Waals surface area (Å²) >= 11 is 0. The van der Waals surface area contributed by atoms with Crippen LogP contribution in [0.3, 0.4) is 0 Å². The molecular weight excluding hydrogens is 513 g/mol. The van der Waals surface area contributed by atoms with E-state index in [-0.39, 0.29) is 19.4 Å². The molecule has 1 rings (SSSR count). The summed E-state index contributed by atoms with van der Waals surface area (Å²) in [5.74, 6) is 0.280. The third-order valence-corrected chi connectivity index (χ3v) is 8.20. The molecule has 0 saturated heterocycles. The molecule has 0 bridgehead atoms. The molecule has 0 heterocycles. The third kappa shape index (κ3) is 20.2. The number of quaternary nitrogens is 1. The van der Waals surface area contributed by atoms with Gasteiger partial charge in [0.05, 0.1) is 40.5 Å². The number of esters is 1. The van der Waals surface area contributed by atoms with Gasteiger partial charge in [-0.25, -0.2) is 0 Å². The average Bonchev–Trinajstić information content (AvgIpc) is 2.86. The van der Waals surface area contributed by atoms with Crippen LogP contribution in [-0.2, 0) is 25.0 Å². The highest BCUT2D eigenvalue weighted by atomic mass is 31.2. The van der Waals surface area contributed by atoms with E-state index in [1.54, 1.807) is 0 Å². The molecule has 8 heteroatoms. The highest BCUT2D eigenvalue weighted by Crippen LogP contribution is 2.42. The summed E-state index contributed by atoms with van der Waals surface area (Å²) in [6.07, 6.45) is 16.6. The topological polar surface area (TPSA) is 82.1 Å². The number of benzene rings is 1. The van der Waals surface area contributed by atoms with Crippen LogP contribution in [0.15, 0.2) is 24.3 Å². The maximum atomic E-state index is 12.5. The number of carbonyl (C=O) groups excluding carboxylic acids is 1. The zero-order chi connectivity index (χ0) is 29.0. The predicted molar refractivity (Wildman–Crippen MR) is 160 cm³/mol. The first kappa shape index (κ1) is 35.6. The van der Waals surface area contributed by atoms with Crippen molar-refractivity contribution in [3.63, 3.8) is 0 Å². The van der Waals surface area contributed by atoms with Crippen molar-refractivity contribution in [2.45, 2.75) is 110 Å². The number of para-hydroxylation sites is 1. The third-order valence-electron chi connectivity index (χ3n) is 6.76. The van der Waals surface area contributed by atoms with E-state index in [4.69, 9.17) is 14.0 Å². The minimum Gasteiger partial charge on any atom is -0.489 e. The Labute approximate surface area is 238 Å². The van der Waals surface area contributed by atoms with Gasteiger partial charge in [0.15, 0.2) is 6.10 Å². The quantitative estimate of drug-likeness (QED) is 0.0598. The van der Waals surface area contributed by atoms with Crippen molar-refractivity contribution < 1.29 is 32.7 Å². The minimum atomic E-state index is -3.77. The molecule has 0 amide bonds. The Hall–Kier alpha value is -1.40. The minimum absolute atomic E-state index is 0.0634. The van der Waals surface area contributed by atoms with E-state index < -0.39 is 19.7 Å². The summed E-state index contributed by atoms with van der Waals surface area (Å²) in [7, 11) is 2.33. The lowest BCUT2D eigenvalue weighted by molar-refractivity contribution is -0.870. The molecule has 1 N–H and O–H groups in total. The SMILES string of the molecule is CCCCCCCCCCCCCCc1ccccc1OCC(COP(=O)(O)CCC[N+](C)(C)C)OC(C)=O. The van der Waals surface area contributed by atoms with Crippen LogP contribution in [0.2, 0.25) is 0 Å². The fourth-order valence-corrected chi connectivity index (χ4v) is 5.62. The van der Waals surface area contributed by atoms with E-state index in [1.165, 1.54) is 77.6 Å². The van der Waals surface area contributed by atoms with Gasteiger partial charge in [-0.15, -0.1) is 0 Å². The molecule has 1 aromatic carbocycles. The van der Waals surface area contributed by atoms with Crippen molar-refractivity contribution >= 4 is 13.6 Å². The Bertz CT molecular complexity index is 826. The molecular formula is C31H57NO6P+. The molecule has 0 radical (unpaired) electrons. The Morgan fingerprint density at radius 1 is 0.872 bits per heavy atom. The lowest BCUT2D eigenvalue weighted by atomic mass is 10.0.